The number of hydrogen-bond acceptors (Lipinski definition) is 2. The van der Waals surface area contributed by atoms with Crippen LogP contribution in [0.3, 0.4) is 0 Å². The zero-order valence-electron chi connectivity index (χ0n) is 11.3. The van der Waals surface area contributed by atoms with Gasteiger partial charge in [0.05, 0.1) is 0 Å². The van der Waals surface area contributed by atoms with Crippen molar-refractivity contribution in [2.24, 2.45) is 0 Å². The van der Waals surface area contributed by atoms with E-state index in [-0.39, 0.29) is 11.5 Å². The van der Waals surface area contributed by atoms with Crippen LogP contribution in [0.4, 0.5) is 8.78 Å². The molecule has 3 rings (SSSR count). The van der Waals surface area contributed by atoms with Crippen molar-refractivity contribution < 1.29 is 13.6 Å². The molecule has 1 aromatic rings. The average molecular weight is 280 g/mol. The van der Waals surface area contributed by atoms with Gasteiger partial charge in [0.1, 0.15) is 0 Å². The number of hydrogen-bond donors (Lipinski definition) is 0. The van der Waals surface area contributed by atoms with Gasteiger partial charge in [-0.15, -0.1) is 0 Å². The Morgan fingerprint density at radius 2 is 1.85 bits per heavy atom. The topological polar surface area (TPSA) is 23.6 Å². The first kappa shape index (κ1) is 13.5. The number of carbonyl (C=O) groups excluding carboxylic acids is 1. The fraction of sp³-hybridized carbons (Fsp3) is 0.533. The first-order chi connectivity index (χ1) is 9.65. The lowest BCUT2D eigenvalue weighted by Crippen LogP contribution is -2.37. The van der Waals surface area contributed by atoms with Gasteiger partial charge in [-0.2, -0.15) is 0 Å². The third-order valence-corrected chi connectivity index (χ3v) is 4.27. The van der Waals surface area contributed by atoms with E-state index in [4.69, 9.17) is 0 Å². The molecule has 2 aliphatic rings. The molecule has 1 unspecified atom stereocenters. The maximum absolute atomic E-state index is 13.2. The molecule has 0 radical (unpaired) electrons. The van der Waals surface area contributed by atoms with Gasteiger partial charge in [0.2, 0.25) is 0 Å². The van der Waals surface area contributed by atoms with Gasteiger partial charge in [-0.1, -0.05) is 0 Å². The van der Waals surface area contributed by atoms with Crippen molar-refractivity contribution in [2.75, 3.05) is 26.2 Å². The summed E-state index contributed by atoms with van der Waals surface area (Å²) in [6.45, 7) is 3.60. The Morgan fingerprint density at radius 1 is 1.10 bits per heavy atom. The van der Waals surface area contributed by atoms with Crippen LogP contribution in [0.2, 0.25) is 0 Å². The molecule has 2 aliphatic heterocycles. The molecule has 2 heterocycles. The molecule has 2 saturated heterocycles. The van der Waals surface area contributed by atoms with E-state index < -0.39 is 11.6 Å². The van der Waals surface area contributed by atoms with Gasteiger partial charge < -0.3 is 4.90 Å². The highest BCUT2D eigenvalue weighted by Gasteiger charge is 2.32. The van der Waals surface area contributed by atoms with Gasteiger partial charge in [0.25, 0.3) is 5.91 Å². The molecule has 0 N–H and O–H groups in total. The van der Waals surface area contributed by atoms with Crippen LogP contribution in [0.5, 0.6) is 0 Å². The molecule has 5 heteroatoms. The van der Waals surface area contributed by atoms with Crippen molar-refractivity contribution in [3.05, 3.63) is 35.4 Å². The molecule has 0 aliphatic carbocycles. The van der Waals surface area contributed by atoms with E-state index in [1.54, 1.807) is 4.90 Å². The molecule has 0 bridgehead atoms. The monoisotopic (exact) mass is 280 g/mol. The van der Waals surface area contributed by atoms with Gasteiger partial charge in [-0.25, -0.2) is 8.78 Å². The standard InChI is InChI=1S/C15H18F2N2O/c16-13-4-3-11(9-14(13)17)15(20)19-8-5-12(10-19)18-6-1-2-7-18/h3-4,9,12H,1-2,5-8,10H2. The molecular weight excluding hydrogens is 262 g/mol. The van der Waals surface area contributed by atoms with Crippen molar-refractivity contribution in [1.82, 2.24) is 9.80 Å². The second-order valence-electron chi connectivity index (χ2n) is 5.57. The minimum Gasteiger partial charge on any atom is -0.337 e. The molecule has 1 atom stereocenters. The fourth-order valence-corrected chi connectivity index (χ4v) is 3.14. The molecule has 20 heavy (non-hydrogen) atoms. The van der Waals surface area contributed by atoms with Gasteiger partial charge in [0, 0.05) is 24.7 Å². The Hall–Kier alpha value is -1.49. The maximum Gasteiger partial charge on any atom is 0.254 e. The van der Waals surface area contributed by atoms with Crippen LogP contribution in [0.15, 0.2) is 18.2 Å². The van der Waals surface area contributed by atoms with Crippen LogP contribution in [0.1, 0.15) is 29.6 Å². The summed E-state index contributed by atoms with van der Waals surface area (Å²) in [5, 5.41) is 0. The van der Waals surface area contributed by atoms with E-state index in [2.05, 4.69) is 4.90 Å². The Bertz CT molecular complexity index is 515. The lowest BCUT2D eigenvalue weighted by molar-refractivity contribution is 0.0779. The summed E-state index contributed by atoms with van der Waals surface area (Å²) in [5.41, 5.74) is 0.228. The molecule has 3 nitrogen and oxygen atoms in total. The zero-order chi connectivity index (χ0) is 14.1. The predicted molar refractivity (Wildman–Crippen MR) is 71.5 cm³/mol. The molecule has 1 aromatic carbocycles. The normalized spacial score (nSPS) is 23.5. The van der Waals surface area contributed by atoms with Crippen molar-refractivity contribution >= 4 is 5.91 Å². The van der Waals surface area contributed by atoms with E-state index in [0.29, 0.717) is 19.1 Å². The average Bonchev–Trinajstić information content (AvgIpc) is 3.11. The van der Waals surface area contributed by atoms with E-state index >= 15 is 0 Å². The summed E-state index contributed by atoms with van der Waals surface area (Å²) in [6.07, 6.45) is 3.43. The number of carbonyl (C=O) groups is 1. The summed E-state index contributed by atoms with van der Waals surface area (Å²) in [5.74, 6) is -2.09. The van der Waals surface area contributed by atoms with Crippen molar-refractivity contribution in [3.63, 3.8) is 0 Å². The van der Waals surface area contributed by atoms with Crippen LogP contribution < -0.4 is 0 Å². The molecule has 0 aromatic heterocycles. The summed E-state index contributed by atoms with van der Waals surface area (Å²) in [4.78, 5) is 16.5. The zero-order valence-corrected chi connectivity index (χ0v) is 11.3. The van der Waals surface area contributed by atoms with Gasteiger partial charge in [-0.3, -0.25) is 9.69 Å². The highest BCUT2D eigenvalue weighted by molar-refractivity contribution is 5.94. The van der Waals surface area contributed by atoms with Crippen LogP contribution >= 0.6 is 0 Å². The van der Waals surface area contributed by atoms with E-state index in [0.717, 1.165) is 31.6 Å². The Morgan fingerprint density at radius 3 is 2.55 bits per heavy atom. The number of amides is 1. The smallest absolute Gasteiger partial charge is 0.254 e. The van der Waals surface area contributed by atoms with Crippen LogP contribution in [-0.2, 0) is 0 Å². The van der Waals surface area contributed by atoms with Crippen molar-refractivity contribution in [2.45, 2.75) is 25.3 Å². The van der Waals surface area contributed by atoms with Crippen molar-refractivity contribution in [3.8, 4) is 0 Å². The lowest BCUT2D eigenvalue weighted by atomic mass is 10.2. The molecule has 1 amide bonds. The summed E-state index contributed by atoms with van der Waals surface area (Å²) >= 11 is 0. The number of halogens is 2. The molecule has 2 fully saturated rings. The lowest BCUT2D eigenvalue weighted by Gasteiger charge is -2.23. The SMILES string of the molecule is O=C(c1ccc(F)c(F)c1)N1CCC(N2CCCC2)C1. The fourth-order valence-electron chi connectivity index (χ4n) is 3.14. The molecular formula is C15H18F2N2O. The third kappa shape index (κ3) is 2.54. The number of benzene rings is 1. The van der Waals surface area contributed by atoms with E-state index in [1.807, 2.05) is 0 Å². The number of rotatable bonds is 2. The maximum atomic E-state index is 13.2. The molecule has 0 spiro atoms. The third-order valence-electron chi connectivity index (χ3n) is 4.27. The predicted octanol–water partition coefficient (Wildman–Crippen LogP) is 2.28. The molecule has 108 valence electrons. The Balaban J connectivity index is 1.67. The van der Waals surface area contributed by atoms with Crippen LogP contribution in [-0.4, -0.2) is 47.9 Å². The highest BCUT2D eigenvalue weighted by atomic mass is 19.2. The van der Waals surface area contributed by atoms with Gasteiger partial charge >= 0.3 is 0 Å². The highest BCUT2D eigenvalue weighted by Crippen LogP contribution is 2.22. The first-order valence-corrected chi connectivity index (χ1v) is 7.13. The molecule has 0 saturated carbocycles. The quantitative estimate of drug-likeness (QED) is 0.829. The minimum atomic E-state index is -0.967. The van der Waals surface area contributed by atoms with E-state index in [9.17, 15) is 13.6 Å². The Kier molecular flexibility index (Phi) is 3.70. The van der Waals surface area contributed by atoms with Gasteiger partial charge in [0.15, 0.2) is 11.6 Å². The van der Waals surface area contributed by atoms with Crippen LogP contribution in [0, 0.1) is 11.6 Å². The summed E-state index contributed by atoms with van der Waals surface area (Å²) in [6, 6.07) is 3.77. The first-order valence-electron chi connectivity index (χ1n) is 7.13. The number of likely N-dealkylation sites (tertiary alicyclic amines) is 2. The van der Waals surface area contributed by atoms with Crippen molar-refractivity contribution in [1.29, 1.82) is 0 Å². The van der Waals surface area contributed by atoms with Crippen LogP contribution in [0.25, 0.3) is 0 Å². The number of nitrogens with zero attached hydrogens (tertiary/aromatic N) is 2. The van der Waals surface area contributed by atoms with Gasteiger partial charge in [-0.05, 0) is 50.6 Å². The second-order valence-corrected chi connectivity index (χ2v) is 5.57. The largest absolute Gasteiger partial charge is 0.337 e. The summed E-state index contributed by atoms with van der Waals surface area (Å²) in [7, 11) is 0. The Labute approximate surface area is 117 Å². The minimum absolute atomic E-state index is 0.203. The second kappa shape index (κ2) is 5.48. The summed E-state index contributed by atoms with van der Waals surface area (Å²) < 4.78 is 26.1. The van der Waals surface area contributed by atoms with E-state index in [1.165, 1.54) is 18.9 Å².